The van der Waals surface area contributed by atoms with Gasteiger partial charge in [-0.1, -0.05) is 22.0 Å². The second-order valence-electron chi connectivity index (χ2n) is 1.43. The molecule has 0 heterocycles. The fourth-order valence-electron chi connectivity index (χ4n) is 0.283. The summed E-state index contributed by atoms with van der Waals surface area (Å²) in [7, 11) is 0. The molecule has 0 radical (unpaired) electrons. The van der Waals surface area contributed by atoms with Crippen LogP contribution in [-0.4, -0.2) is 22.9 Å². The SMILES string of the molecule is OCC(O)CC=CBr. The van der Waals surface area contributed by atoms with Gasteiger partial charge in [-0.15, -0.1) is 0 Å². The van der Waals surface area contributed by atoms with Gasteiger partial charge in [0.2, 0.25) is 0 Å². The topological polar surface area (TPSA) is 40.5 Å². The highest BCUT2D eigenvalue weighted by Gasteiger charge is 1.94. The number of hydrogen-bond donors (Lipinski definition) is 2. The Morgan fingerprint density at radius 3 is 2.62 bits per heavy atom. The normalized spacial score (nSPS) is 14.9. The van der Waals surface area contributed by atoms with Crippen LogP contribution in [0.15, 0.2) is 11.1 Å². The quantitative estimate of drug-likeness (QED) is 0.670. The van der Waals surface area contributed by atoms with E-state index in [9.17, 15) is 0 Å². The molecule has 3 heteroatoms. The standard InChI is InChI=1S/C5H9BrO2/c6-3-1-2-5(8)4-7/h1,3,5,7-8H,2,4H2. The molecule has 0 aromatic rings. The van der Waals surface area contributed by atoms with Crippen molar-refractivity contribution in [1.29, 1.82) is 0 Å². The van der Waals surface area contributed by atoms with Gasteiger partial charge in [-0.2, -0.15) is 0 Å². The Kier molecular flexibility index (Phi) is 5.37. The molecule has 0 spiro atoms. The zero-order valence-electron chi connectivity index (χ0n) is 4.42. The molecule has 0 saturated carbocycles. The minimum absolute atomic E-state index is 0.169. The van der Waals surface area contributed by atoms with E-state index >= 15 is 0 Å². The summed E-state index contributed by atoms with van der Waals surface area (Å²) in [6.07, 6.45) is 1.63. The van der Waals surface area contributed by atoms with Crippen LogP contribution in [0.4, 0.5) is 0 Å². The molecule has 1 atom stereocenters. The minimum Gasteiger partial charge on any atom is -0.394 e. The molecular weight excluding hydrogens is 172 g/mol. The van der Waals surface area contributed by atoms with Gasteiger partial charge in [0.1, 0.15) is 0 Å². The molecule has 0 amide bonds. The summed E-state index contributed by atoms with van der Waals surface area (Å²) >= 11 is 3.03. The Hall–Kier alpha value is 0.140. The summed E-state index contributed by atoms with van der Waals surface area (Å²) in [5.74, 6) is 0. The summed E-state index contributed by atoms with van der Waals surface area (Å²) in [5.41, 5.74) is 0. The molecule has 0 aromatic heterocycles. The lowest BCUT2D eigenvalue weighted by molar-refractivity contribution is 0.0976. The molecule has 0 rings (SSSR count). The lowest BCUT2D eigenvalue weighted by atomic mass is 10.3. The molecule has 0 aliphatic rings. The first-order chi connectivity index (χ1) is 3.81. The van der Waals surface area contributed by atoms with Crippen molar-refractivity contribution in [2.75, 3.05) is 6.61 Å². The van der Waals surface area contributed by atoms with Gasteiger partial charge in [-0.25, -0.2) is 0 Å². The van der Waals surface area contributed by atoms with Crippen molar-refractivity contribution < 1.29 is 10.2 Å². The monoisotopic (exact) mass is 180 g/mol. The number of aliphatic hydroxyl groups excluding tert-OH is 2. The molecule has 0 aliphatic carbocycles. The Bertz CT molecular complexity index is 72.8. The maximum absolute atomic E-state index is 8.67. The fraction of sp³-hybridized carbons (Fsp3) is 0.600. The largest absolute Gasteiger partial charge is 0.394 e. The molecule has 0 aromatic carbocycles. The van der Waals surface area contributed by atoms with Crippen molar-refractivity contribution in [3.05, 3.63) is 11.1 Å². The van der Waals surface area contributed by atoms with Gasteiger partial charge in [0.25, 0.3) is 0 Å². The molecule has 2 nitrogen and oxygen atoms in total. The third kappa shape index (κ3) is 4.30. The van der Waals surface area contributed by atoms with Gasteiger partial charge in [0, 0.05) is 0 Å². The number of halogens is 1. The lowest BCUT2D eigenvalue weighted by Gasteiger charge is -1.99. The van der Waals surface area contributed by atoms with E-state index in [1.54, 1.807) is 11.1 Å². The summed E-state index contributed by atoms with van der Waals surface area (Å²) in [6, 6.07) is 0. The van der Waals surface area contributed by atoms with Gasteiger partial charge in [0.05, 0.1) is 12.7 Å². The van der Waals surface area contributed by atoms with Crippen LogP contribution in [0.3, 0.4) is 0 Å². The Morgan fingerprint density at radius 2 is 2.25 bits per heavy atom. The van der Waals surface area contributed by atoms with E-state index in [1.807, 2.05) is 0 Å². The van der Waals surface area contributed by atoms with Crippen LogP contribution < -0.4 is 0 Å². The second-order valence-corrected chi connectivity index (χ2v) is 1.96. The van der Waals surface area contributed by atoms with Crippen LogP contribution in [0.5, 0.6) is 0 Å². The van der Waals surface area contributed by atoms with E-state index in [2.05, 4.69) is 15.9 Å². The number of rotatable bonds is 3. The zero-order chi connectivity index (χ0) is 6.41. The van der Waals surface area contributed by atoms with Crippen molar-refractivity contribution in [2.45, 2.75) is 12.5 Å². The lowest BCUT2D eigenvalue weighted by Crippen LogP contribution is -2.09. The van der Waals surface area contributed by atoms with E-state index in [0.717, 1.165) is 0 Å². The predicted molar refractivity (Wildman–Crippen MR) is 35.8 cm³/mol. The molecule has 8 heavy (non-hydrogen) atoms. The highest BCUT2D eigenvalue weighted by molar-refractivity contribution is 9.11. The molecule has 0 fully saturated rings. The Labute approximate surface area is 57.0 Å². The first-order valence-electron chi connectivity index (χ1n) is 2.35. The molecule has 0 aliphatic heterocycles. The summed E-state index contributed by atoms with van der Waals surface area (Å²) in [5, 5.41) is 16.9. The molecule has 0 bridgehead atoms. The third-order valence-electron chi connectivity index (χ3n) is 0.708. The Balaban J connectivity index is 3.10. The fourth-order valence-corrected chi connectivity index (χ4v) is 0.499. The highest BCUT2D eigenvalue weighted by atomic mass is 79.9. The van der Waals surface area contributed by atoms with Gasteiger partial charge in [-0.3, -0.25) is 0 Å². The van der Waals surface area contributed by atoms with Gasteiger partial charge in [-0.05, 0) is 11.4 Å². The number of aliphatic hydroxyl groups is 2. The van der Waals surface area contributed by atoms with Crippen LogP contribution >= 0.6 is 15.9 Å². The molecular formula is C5H9BrO2. The van der Waals surface area contributed by atoms with E-state index in [-0.39, 0.29) is 6.61 Å². The van der Waals surface area contributed by atoms with Crippen LogP contribution in [0.2, 0.25) is 0 Å². The van der Waals surface area contributed by atoms with Crippen molar-refractivity contribution in [1.82, 2.24) is 0 Å². The van der Waals surface area contributed by atoms with E-state index in [4.69, 9.17) is 10.2 Å². The smallest absolute Gasteiger partial charge is 0.0805 e. The predicted octanol–water partition coefficient (Wildman–Crippen LogP) is 0.638. The average Bonchev–Trinajstić information content (AvgIpc) is 1.83. The van der Waals surface area contributed by atoms with Crippen molar-refractivity contribution in [2.24, 2.45) is 0 Å². The van der Waals surface area contributed by atoms with Crippen molar-refractivity contribution >= 4 is 15.9 Å². The molecule has 48 valence electrons. The van der Waals surface area contributed by atoms with Crippen LogP contribution in [0, 0.1) is 0 Å². The second kappa shape index (κ2) is 5.28. The van der Waals surface area contributed by atoms with E-state index in [0.29, 0.717) is 6.42 Å². The summed E-state index contributed by atoms with van der Waals surface area (Å²) in [4.78, 5) is 1.66. The average molecular weight is 181 g/mol. The molecule has 1 unspecified atom stereocenters. The minimum atomic E-state index is -0.608. The number of hydrogen-bond acceptors (Lipinski definition) is 2. The van der Waals surface area contributed by atoms with Crippen LogP contribution in [0.1, 0.15) is 6.42 Å². The maximum atomic E-state index is 8.67. The van der Waals surface area contributed by atoms with Crippen LogP contribution in [-0.2, 0) is 0 Å². The first kappa shape index (κ1) is 8.14. The van der Waals surface area contributed by atoms with Crippen LogP contribution in [0.25, 0.3) is 0 Å². The summed E-state index contributed by atoms with van der Waals surface area (Å²) in [6.45, 7) is -0.169. The van der Waals surface area contributed by atoms with Gasteiger partial charge in [0.15, 0.2) is 0 Å². The maximum Gasteiger partial charge on any atom is 0.0805 e. The molecule has 2 N–H and O–H groups in total. The zero-order valence-corrected chi connectivity index (χ0v) is 6.00. The third-order valence-corrected chi connectivity index (χ3v) is 1.08. The summed E-state index contributed by atoms with van der Waals surface area (Å²) < 4.78 is 0. The first-order valence-corrected chi connectivity index (χ1v) is 3.27. The van der Waals surface area contributed by atoms with E-state index in [1.165, 1.54) is 0 Å². The van der Waals surface area contributed by atoms with Gasteiger partial charge >= 0.3 is 0 Å². The molecule has 0 saturated heterocycles. The van der Waals surface area contributed by atoms with Crippen molar-refractivity contribution in [3.63, 3.8) is 0 Å². The Morgan fingerprint density at radius 1 is 1.62 bits per heavy atom. The van der Waals surface area contributed by atoms with Gasteiger partial charge < -0.3 is 10.2 Å². The van der Waals surface area contributed by atoms with Crippen molar-refractivity contribution in [3.8, 4) is 0 Å². The highest BCUT2D eigenvalue weighted by Crippen LogP contribution is 1.93. The van der Waals surface area contributed by atoms with E-state index < -0.39 is 6.10 Å².